The Balaban J connectivity index is 4.50. The molecule has 0 aliphatic heterocycles. The third kappa shape index (κ3) is 5.53. The molecule has 100 valence electrons. The average molecular weight is 246 g/mol. The second-order valence-electron chi connectivity index (χ2n) is 4.22. The van der Waals surface area contributed by atoms with Crippen LogP contribution in [0, 0.1) is 5.92 Å². The fourth-order valence-corrected chi connectivity index (χ4v) is 1.44. The Kier molecular flexibility index (Phi) is 7.29. The topological polar surface area (TPSA) is 89.9 Å². The van der Waals surface area contributed by atoms with Gasteiger partial charge in [-0.1, -0.05) is 20.8 Å². The molecule has 3 N–H and O–H groups in total. The molecule has 0 heterocycles. The molecule has 0 fully saturated rings. The van der Waals surface area contributed by atoms with E-state index in [1.165, 1.54) is 4.90 Å². The first-order valence-corrected chi connectivity index (χ1v) is 5.83. The highest BCUT2D eigenvalue weighted by molar-refractivity contribution is 5.82. The first-order chi connectivity index (χ1) is 7.93. The van der Waals surface area contributed by atoms with E-state index in [-0.39, 0.29) is 19.1 Å². The molecule has 0 rings (SSSR count). The van der Waals surface area contributed by atoms with Gasteiger partial charge in [0.1, 0.15) is 6.04 Å². The van der Waals surface area contributed by atoms with E-state index in [4.69, 9.17) is 10.2 Å². The van der Waals surface area contributed by atoms with Gasteiger partial charge in [0.2, 0.25) is 0 Å². The summed E-state index contributed by atoms with van der Waals surface area (Å²) in [5, 5.41) is 20.2. The van der Waals surface area contributed by atoms with Gasteiger partial charge in [0.25, 0.3) is 0 Å². The van der Waals surface area contributed by atoms with E-state index in [9.17, 15) is 9.59 Å². The normalized spacial score (nSPS) is 12.3. The van der Waals surface area contributed by atoms with Crippen LogP contribution in [0.4, 0.5) is 4.79 Å². The van der Waals surface area contributed by atoms with Gasteiger partial charge in [-0.05, 0) is 12.3 Å². The molecule has 0 saturated carbocycles. The van der Waals surface area contributed by atoms with Gasteiger partial charge in [-0.3, -0.25) is 0 Å². The van der Waals surface area contributed by atoms with Crippen LogP contribution in [0.2, 0.25) is 0 Å². The molecule has 0 aliphatic rings. The number of urea groups is 1. The Morgan fingerprint density at radius 3 is 2.24 bits per heavy atom. The predicted molar refractivity (Wildman–Crippen MR) is 63.7 cm³/mol. The smallest absolute Gasteiger partial charge is 0.326 e. The summed E-state index contributed by atoms with van der Waals surface area (Å²) in [4.78, 5) is 24.1. The Morgan fingerprint density at radius 2 is 1.88 bits per heavy atom. The van der Waals surface area contributed by atoms with Crippen molar-refractivity contribution in [2.45, 2.75) is 33.2 Å². The number of hydrogen-bond acceptors (Lipinski definition) is 3. The first kappa shape index (κ1) is 15.7. The van der Waals surface area contributed by atoms with E-state index >= 15 is 0 Å². The number of aliphatic hydroxyl groups excluding tert-OH is 1. The van der Waals surface area contributed by atoms with Crippen LogP contribution < -0.4 is 5.32 Å². The molecular weight excluding hydrogens is 224 g/mol. The van der Waals surface area contributed by atoms with Crippen LogP contribution in [-0.2, 0) is 4.79 Å². The quantitative estimate of drug-likeness (QED) is 0.610. The summed E-state index contributed by atoms with van der Waals surface area (Å²) >= 11 is 0. The molecule has 0 aromatic heterocycles. The van der Waals surface area contributed by atoms with Crippen LogP contribution in [0.25, 0.3) is 0 Å². The van der Waals surface area contributed by atoms with Gasteiger partial charge in [-0.15, -0.1) is 0 Å². The number of carbonyl (C=O) groups is 2. The Morgan fingerprint density at radius 1 is 1.29 bits per heavy atom. The number of nitrogens with one attached hydrogen (secondary N) is 1. The van der Waals surface area contributed by atoms with Crippen LogP contribution in [0.15, 0.2) is 0 Å². The van der Waals surface area contributed by atoms with Crippen molar-refractivity contribution in [3.63, 3.8) is 0 Å². The Labute approximate surface area is 102 Å². The minimum absolute atomic E-state index is 0.132. The lowest BCUT2D eigenvalue weighted by Gasteiger charge is -2.25. The number of nitrogens with zero attached hydrogens (tertiary/aromatic N) is 1. The van der Waals surface area contributed by atoms with Crippen molar-refractivity contribution >= 4 is 12.0 Å². The molecular formula is C11H22N2O4. The summed E-state index contributed by atoms with van der Waals surface area (Å²) in [5.41, 5.74) is 0. The van der Waals surface area contributed by atoms with E-state index in [0.717, 1.165) is 6.42 Å². The fourth-order valence-electron chi connectivity index (χ4n) is 1.44. The number of aliphatic hydroxyl groups is 1. The number of carboxylic acids is 1. The summed E-state index contributed by atoms with van der Waals surface area (Å²) in [5.74, 6) is -1.23. The number of carbonyl (C=O) groups excluding carboxylic acids is 1. The fraction of sp³-hybridized carbons (Fsp3) is 0.818. The SMILES string of the molecule is CCCN(CCO)C(=O)NC(C(=O)O)C(C)C. The maximum atomic E-state index is 11.8. The lowest BCUT2D eigenvalue weighted by atomic mass is 10.1. The monoisotopic (exact) mass is 246 g/mol. The van der Waals surface area contributed by atoms with Crippen molar-refractivity contribution in [1.29, 1.82) is 0 Å². The minimum Gasteiger partial charge on any atom is -0.480 e. The summed E-state index contributed by atoms with van der Waals surface area (Å²) in [6.07, 6.45) is 0.757. The third-order valence-electron chi connectivity index (χ3n) is 2.36. The van der Waals surface area contributed by atoms with Crippen LogP contribution >= 0.6 is 0 Å². The van der Waals surface area contributed by atoms with Crippen molar-refractivity contribution in [1.82, 2.24) is 10.2 Å². The summed E-state index contributed by atoms with van der Waals surface area (Å²) in [7, 11) is 0. The molecule has 17 heavy (non-hydrogen) atoms. The lowest BCUT2D eigenvalue weighted by Crippen LogP contribution is -2.50. The second-order valence-corrected chi connectivity index (χ2v) is 4.22. The minimum atomic E-state index is -1.05. The van der Waals surface area contributed by atoms with E-state index in [1.807, 2.05) is 6.92 Å². The number of rotatable bonds is 7. The Hall–Kier alpha value is -1.30. The molecule has 6 heteroatoms. The molecule has 1 unspecified atom stereocenters. The predicted octanol–water partition coefficient (Wildman–Crippen LogP) is 0.509. The van der Waals surface area contributed by atoms with E-state index in [0.29, 0.717) is 6.54 Å². The number of carboxylic acid groups (broad SMARTS) is 1. The van der Waals surface area contributed by atoms with Crippen molar-refractivity contribution in [3.05, 3.63) is 0 Å². The zero-order valence-electron chi connectivity index (χ0n) is 10.6. The van der Waals surface area contributed by atoms with Gasteiger partial charge < -0.3 is 20.4 Å². The van der Waals surface area contributed by atoms with E-state index < -0.39 is 18.0 Å². The maximum Gasteiger partial charge on any atom is 0.326 e. The standard InChI is InChI=1S/C11H22N2O4/c1-4-5-13(6-7-14)11(17)12-9(8(2)3)10(15)16/h8-9,14H,4-7H2,1-3H3,(H,12,17)(H,15,16). The number of hydrogen-bond donors (Lipinski definition) is 3. The molecule has 6 nitrogen and oxygen atoms in total. The largest absolute Gasteiger partial charge is 0.480 e. The van der Waals surface area contributed by atoms with Crippen molar-refractivity contribution in [2.75, 3.05) is 19.7 Å². The second kappa shape index (κ2) is 7.89. The molecule has 0 bridgehead atoms. The molecule has 0 saturated heterocycles. The third-order valence-corrected chi connectivity index (χ3v) is 2.36. The highest BCUT2D eigenvalue weighted by atomic mass is 16.4. The zero-order valence-corrected chi connectivity index (χ0v) is 10.6. The van der Waals surface area contributed by atoms with Crippen molar-refractivity contribution in [3.8, 4) is 0 Å². The zero-order chi connectivity index (χ0) is 13.4. The van der Waals surface area contributed by atoms with Crippen molar-refractivity contribution in [2.24, 2.45) is 5.92 Å². The summed E-state index contributed by atoms with van der Waals surface area (Å²) in [6.45, 7) is 5.95. The highest BCUT2D eigenvalue weighted by Crippen LogP contribution is 2.03. The molecule has 0 spiro atoms. The molecule has 0 aliphatic carbocycles. The summed E-state index contributed by atoms with van der Waals surface area (Å²) in [6, 6.07) is -1.34. The molecule has 2 amide bonds. The first-order valence-electron chi connectivity index (χ1n) is 5.83. The molecule has 0 aromatic carbocycles. The van der Waals surface area contributed by atoms with E-state index in [2.05, 4.69) is 5.32 Å². The van der Waals surface area contributed by atoms with Gasteiger partial charge in [0, 0.05) is 13.1 Å². The van der Waals surface area contributed by atoms with Crippen LogP contribution in [0.3, 0.4) is 0 Å². The average Bonchev–Trinajstić information content (AvgIpc) is 2.24. The van der Waals surface area contributed by atoms with Gasteiger partial charge in [-0.2, -0.15) is 0 Å². The molecule has 1 atom stereocenters. The lowest BCUT2D eigenvalue weighted by molar-refractivity contribution is -0.140. The van der Waals surface area contributed by atoms with Crippen molar-refractivity contribution < 1.29 is 19.8 Å². The highest BCUT2D eigenvalue weighted by Gasteiger charge is 2.25. The molecule has 0 radical (unpaired) electrons. The van der Waals surface area contributed by atoms with E-state index in [1.54, 1.807) is 13.8 Å². The Bertz CT molecular complexity index is 250. The molecule has 0 aromatic rings. The van der Waals surface area contributed by atoms with Gasteiger partial charge in [-0.25, -0.2) is 9.59 Å². The number of amides is 2. The number of aliphatic carboxylic acids is 1. The van der Waals surface area contributed by atoms with Crippen LogP contribution in [-0.4, -0.2) is 52.9 Å². The van der Waals surface area contributed by atoms with Gasteiger partial charge in [0.15, 0.2) is 0 Å². The van der Waals surface area contributed by atoms with Gasteiger partial charge >= 0.3 is 12.0 Å². The van der Waals surface area contributed by atoms with Crippen LogP contribution in [0.5, 0.6) is 0 Å². The van der Waals surface area contributed by atoms with Gasteiger partial charge in [0.05, 0.1) is 6.61 Å². The maximum absolute atomic E-state index is 11.8. The van der Waals surface area contributed by atoms with Crippen LogP contribution in [0.1, 0.15) is 27.2 Å². The summed E-state index contributed by atoms with van der Waals surface area (Å²) < 4.78 is 0.